The van der Waals surface area contributed by atoms with E-state index in [-0.39, 0.29) is 12.3 Å². The number of hydrogen-bond donors (Lipinski definition) is 1. The molecule has 2 aromatic carbocycles. The van der Waals surface area contributed by atoms with Gasteiger partial charge in [0, 0.05) is 17.8 Å². The number of carbonyl (C=O) groups is 1. The van der Waals surface area contributed by atoms with Crippen molar-refractivity contribution in [3.8, 4) is 5.75 Å². The molecule has 1 N–H and O–H groups in total. The molecule has 0 aromatic heterocycles. The molecular weight excluding hydrogens is 392 g/mol. The van der Waals surface area contributed by atoms with Crippen LogP contribution < -0.4 is 14.4 Å². The number of anilines is 2. The molecule has 0 spiro atoms. The lowest BCUT2D eigenvalue weighted by Gasteiger charge is -2.34. The van der Waals surface area contributed by atoms with Gasteiger partial charge in [-0.3, -0.25) is 9.10 Å². The fraction of sp³-hybridized carbons (Fsp3) is 0.278. The van der Waals surface area contributed by atoms with E-state index in [1.165, 1.54) is 6.07 Å². The van der Waals surface area contributed by atoms with Gasteiger partial charge in [-0.1, -0.05) is 23.7 Å². The monoisotopic (exact) mass is 410 g/mol. The second-order valence-electron chi connectivity index (χ2n) is 6.14. The van der Waals surface area contributed by atoms with E-state index in [2.05, 4.69) is 5.32 Å². The van der Waals surface area contributed by atoms with Crippen LogP contribution in [0.3, 0.4) is 0 Å². The molecular formula is C18H19ClN2O5S. The van der Waals surface area contributed by atoms with Crippen molar-refractivity contribution in [1.29, 1.82) is 0 Å². The Bertz CT molecular complexity index is 964. The number of carbonyl (C=O) groups excluding carboxylic acids is 1. The molecule has 1 aliphatic rings. The lowest BCUT2D eigenvalue weighted by atomic mass is 10.2. The Morgan fingerprint density at radius 3 is 2.81 bits per heavy atom. The number of amides is 1. The summed E-state index contributed by atoms with van der Waals surface area (Å²) >= 11 is 5.97. The number of hydrogen-bond acceptors (Lipinski definition) is 5. The first-order valence-electron chi connectivity index (χ1n) is 8.10. The summed E-state index contributed by atoms with van der Waals surface area (Å²) in [5.74, 6) is -0.164. The molecule has 144 valence electrons. The quantitative estimate of drug-likeness (QED) is 0.819. The van der Waals surface area contributed by atoms with E-state index in [0.717, 1.165) is 16.1 Å². The number of nitrogens with zero attached hydrogens (tertiary/aromatic N) is 1. The number of ether oxygens (including phenoxy) is 2. The highest BCUT2D eigenvalue weighted by Gasteiger charge is 2.35. The van der Waals surface area contributed by atoms with Crippen molar-refractivity contribution >= 4 is 38.9 Å². The van der Waals surface area contributed by atoms with Crippen LogP contribution in [0.1, 0.15) is 5.56 Å². The van der Waals surface area contributed by atoms with E-state index >= 15 is 0 Å². The molecule has 2 aromatic rings. The van der Waals surface area contributed by atoms with Crippen LogP contribution in [0.2, 0.25) is 5.02 Å². The second-order valence-corrected chi connectivity index (χ2v) is 8.48. The van der Waals surface area contributed by atoms with E-state index in [1.807, 2.05) is 6.07 Å². The van der Waals surface area contributed by atoms with Gasteiger partial charge in [0.1, 0.15) is 5.75 Å². The van der Waals surface area contributed by atoms with E-state index in [0.29, 0.717) is 23.0 Å². The van der Waals surface area contributed by atoms with Crippen molar-refractivity contribution in [2.24, 2.45) is 0 Å². The molecule has 1 atom stereocenters. The maximum absolute atomic E-state index is 12.7. The molecule has 1 aliphatic heterocycles. The van der Waals surface area contributed by atoms with Gasteiger partial charge in [0.15, 0.2) is 6.10 Å². The van der Waals surface area contributed by atoms with Gasteiger partial charge in [0.05, 0.1) is 25.1 Å². The van der Waals surface area contributed by atoms with Crippen molar-refractivity contribution in [1.82, 2.24) is 0 Å². The molecule has 0 saturated heterocycles. The number of methoxy groups -OCH3 is 1. The van der Waals surface area contributed by atoms with Crippen LogP contribution in [0, 0.1) is 0 Å². The maximum Gasteiger partial charge on any atom is 0.267 e. The standard InChI is InChI=1S/C18H19ClN2O5S/c1-25-11-12-4-3-5-14(8-12)20-18(22)17-10-21(27(2,23)24)15-9-13(19)6-7-16(15)26-17/h3-9,17H,10-11H2,1-2H3,(H,20,22)/t17-/m0/s1. The van der Waals surface area contributed by atoms with Crippen LogP contribution in [-0.4, -0.2) is 40.3 Å². The van der Waals surface area contributed by atoms with Gasteiger partial charge in [-0.25, -0.2) is 8.42 Å². The van der Waals surface area contributed by atoms with Crippen LogP contribution >= 0.6 is 11.6 Å². The normalized spacial score (nSPS) is 16.4. The van der Waals surface area contributed by atoms with E-state index in [1.54, 1.807) is 37.4 Å². The number of benzene rings is 2. The first-order chi connectivity index (χ1) is 12.8. The first kappa shape index (κ1) is 19.5. The summed E-state index contributed by atoms with van der Waals surface area (Å²) in [4.78, 5) is 12.7. The molecule has 3 rings (SSSR count). The van der Waals surface area contributed by atoms with Crippen LogP contribution in [0.5, 0.6) is 5.75 Å². The maximum atomic E-state index is 12.7. The summed E-state index contributed by atoms with van der Waals surface area (Å²) in [5, 5.41) is 3.14. The molecule has 7 nitrogen and oxygen atoms in total. The highest BCUT2D eigenvalue weighted by molar-refractivity contribution is 7.92. The number of nitrogens with one attached hydrogen (secondary N) is 1. The van der Waals surface area contributed by atoms with E-state index in [9.17, 15) is 13.2 Å². The smallest absolute Gasteiger partial charge is 0.267 e. The van der Waals surface area contributed by atoms with Gasteiger partial charge in [0.25, 0.3) is 5.91 Å². The predicted molar refractivity (Wildman–Crippen MR) is 104 cm³/mol. The van der Waals surface area contributed by atoms with Crippen LogP contribution in [0.4, 0.5) is 11.4 Å². The minimum absolute atomic E-state index is 0.143. The number of fused-ring (bicyclic) bond motifs is 1. The van der Waals surface area contributed by atoms with Gasteiger partial charge in [0.2, 0.25) is 10.0 Å². The fourth-order valence-corrected chi connectivity index (χ4v) is 3.88. The third-order valence-electron chi connectivity index (χ3n) is 3.99. The Morgan fingerprint density at radius 2 is 2.11 bits per heavy atom. The molecule has 0 saturated carbocycles. The van der Waals surface area contributed by atoms with Crippen molar-refractivity contribution in [2.75, 3.05) is 29.5 Å². The van der Waals surface area contributed by atoms with Crippen LogP contribution in [-0.2, 0) is 26.2 Å². The zero-order valence-corrected chi connectivity index (χ0v) is 16.4. The zero-order valence-electron chi connectivity index (χ0n) is 14.8. The highest BCUT2D eigenvalue weighted by atomic mass is 35.5. The SMILES string of the molecule is COCc1cccc(NC(=O)[C@@H]2CN(S(C)(=O)=O)c3cc(Cl)ccc3O2)c1. The summed E-state index contributed by atoms with van der Waals surface area (Å²) in [5.41, 5.74) is 1.79. The molecule has 1 heterocycles. The molecule has 0 fully saturated rings. The summed E-state index contributed by atoms with van der Waals surface area (Å²) in [7, 11) is -2.02. The average molecular weight is 411 g/mol. The lowest BCUT2D eigenvalue weighted by Crippen LogP contribution is -2.48. The molecule has 0 unspecified atom stereocenters. The summed E-state index contributed by atoms with van der Waals surface area (Å²) in [6.07, 6.45) is 0.0751. The molecule has 0 radical (unpaired) electrons. The Hall–Kier alpha value is -2.29. The lowest BCUT2D eigenvalue weighted by molar-refractivity contribution is -0.122. The minimum atomic E-state index is -3.61. The van der Waals surface area contributed by atoms with Gasteiger partial charge >= 0.3 is 0 Å². The van der Waals surface area contributed by atoms with Gasteiger partial charge < -0.3 is 14.8 Å². The van der Waals surface area contributed by atoms with Gasteiger partial charge in [-0.2, -0.15) is 0 Å². The van der Waals surface area contributed by atoms with Gasteiger partial charge in [-0.05, 0) is 35.9 Å². The topological polar surface area (TPSA) is 84.9 Å². The van der Waals surface area contributed by atoms with Gasteiger partial charge in [-0.15, -0.1) is 0 Å². The van der Waals surface area contributed by atoms with Crippen molar-refractivity contribution < 1.29 is 22.7 Å². The largest absolute Gasteiger partial charge is 0.476 e. The fourth-order valence-electron chi connectivity index (χ4n) is 2.80. The van der Waals surface area contributed by atoms with E-state index in [4.69, 9.17) is 21.1 Å². The van der Waals surface area contributed by atoms with Crippen molar-refractivity contribution in [2.45, 2.75) is 12.7 Å². The van der Waals surface area contributed by atoms with Crippen LogP contribution in [0.25, 0.3) is 0 Å². The first-order valence-corrected chi connectivity index (χ1v) is 10.3. The number of rotatable bonds is 5. The molecule has 9 heteroatoms. The number of sulfonamides is 1. The average Bonchev–Trinajstić information content (AvgIpc) is 2.60. The minimum Gasteiger partial charge on any atom is -0.476 e. The zero-order chi connectivity index (χ0) is 19.6. The Balaban J connectivity index is 1.84. The highest BCUT2D eigenvalue weighted by Crippen LogP contribution is 2.37. The Labute approximate surface area is 162 Å². The third-order valence-corrected chi connectivity index (χ3v) is 5.37. The van der Waals surface area contributed by atoms with Crippen molar-refractivity contribution in [3.63, 3.8) is 0 Å². The molecule has 0 bridgehead atoms. The molecule has 0 aliphatic carbocycles. The van der Waals surface area contributed by atoms with E-state index < -0.39 is 22.0 Å². The van der Waals surface area contributed by atoms with Crippen molar-refractivity contribution in [3.05, 3.63) is 53.1 Å². The Morgan fingerprint density at radius 1 is 1.33 bits per heavy atom. The predicted octanol–water partition coefficient (Wildman–Crippen LogP) is 2.65. The number of halogens is 1. The summed E-state index contributed by atoms with van der Waals surface area (Å²) in [6.45, 7) is 0.273. The molecule has 1 amide bonds. The molecule has 27 heavy (non-hydrogen) atoms. The second kappa shape index (κ2) is 7.75. The van der Waals surface area contributed by atoms with Crippen LogP contribution in [0.15, 0.2) is 42.5 Å². The summed E-state index contributed by atoms with van der Waals surface area (Å²) in [6, 6.07) is 11.8. The third kappa shape index (κ3) is 4.52. The summed E-state index contributed by atoms with van der Waals surface area (Å²) < 4.78 is 36.3. The Kier molecular flexibility index (Phi) is 5.59.